The lowest BCUT2D eigenvalue weighted by Crippen LogP contribution is -2.28. The number of pyridine rings is 2. The standard InChI is InChI=1S/C30H24FN7O/c1-16-8-18(10-20(31)9-16)22-6-3-7-24-27(22)36-29(35-24)28-23-12-25(33-15-26(23)37-38-28)19-11-21(14-32-13-19)34-30(39)17-4-2-5-17/h3,6-15,17H,2,4-5H2,1H3,(H,34,39)(H,35,36)(H,37,38). The first-order chi connectivity index (χ1) is 19.0. The number of carbonyl (C=O) groups is 1. The Kier molecular flexibility index (Phi) is 5.43. The van der Waals surface area contributed by atoms with Crippen LogP contribution in [0.25, 0.3) is 55.8 Å². The zero-order valence-corrected chi connectivity index (χ0v) is 21.1. The first-order valence-electron chi connectivity index (χ1n) is 12.9. The normalized spacial score (nSPS) is 13.6. The topological polar surface area (TPSA) is 112 Å². The van der Waals surface area contributed by atoms with Gasteiger partial charge < -0.3 is 10.3 Å². The van der Waals surface area contributed by atoms with Crippen LogP contribution in [-0.4, -0.2) is 36.0 Å². The van der Waals surface area contributed by atoms with E-state index in [9.17, 15) is 9.18 Å². The summed E-state index contributed by atoms with van der Waals surface area (Å²) < 4.78 is 14.2. The first kappa shape index (κ1) is 23.2. The molecule has 1 amide bonds. The van der Waals surface area contributed by atoms with Crippen molar-refractivity contribution in [1.82, 2.24) is 30.1 Å². The number of imidazole rings is 1. The number of hydrogen-bond donors (Lipinski definition) is 3. The lowest BCUT2D eigenvalue weighted by Gasteiger charge is -2.24. The summed E-state index contributed by atoms with van der Waals surface area (Å²) in [5.41, 5.74) is 7.56. The van der Waals surface area contributed by atoms with Gasteiger partial charge in [-0.25, -0.2) is 9.37 Å². The molecule has 7 rings (SSSR count). The number of carbonyl (C=O) groups excluding carboxylic acids is 1. The van der Waals surface area contributed by atoms with Crippen LogP contribution >= 0.6 is 0 Å². The molecule has 0 bridgehead atoms. The molecule has 0 aliphatic heterocycles. The van der Waals surface area contributed by atoms with Gasteiger partial charge in [0.2, 0.25) is 5.91 Å². The van der Waals surface area contributed by atoms with E-state index in [1.54, 1.807) is 18.6 Å². The van der Waals surface area contributed by atoms with Gasteiger partial charge in [-0.05, 0) is 61.2 Å². The molecule has 1 fully saturated rings. The molecule has 8 nitrogen and oxygen atoms in total. The Hall–Kier alpha value is -4.92. The summed E-state index contributed by atoms with van der Waals surface area (Å²) in [5, 5.41) is 11.4. The molecule has 0 saturated heterocycles. The van der Waals surface area contributed by atoms with Gasteiger partial charge in [-0.3, -0.25) is 19.9 Å². The van der Waals surface area contributed by atoms with Crippen LogP contribution < -0.4 is 5.32 Å². The number of para-hydroxylation sites is 1. The third kappa shape index (κ3) is 4.21. The van der Waals surface area contributed by atoms with Crippen LogP contribution in [0.1, 0.15) is 24.8 Å². The number of aromatic nitrogens is 6. The van der Waals surface area contributed by atoms with Gasteiger partial charge in [0.25, 0.3) is 0 Å². The number of amides is 1. The smallest absolute Gasteiger partial charge is 0.227 e. The van der Waals surface area contributed by atoms with Crippen LogP contribution in [0.4, 0.5) is 10.1 Å². The fourth-order valence-electron chi connectivity index (χ4n) is 5.09. The zero-order chi connectivity index (χ0) is 26.5. The Labute approximate surface area is 222 Å². The number of aromatic amines is 2. The number of rotatable bonds is 5. The van der Waals surface area contributed by atoms with E-state index in [0.29, 0.717) is 22.9 Å². The fraction of sp³-hybridized carbons (Fsp3) is 0.167. The van der Waals surface area contributed by atoms with E-state index >= 15 is 0 Å². The minimum Gasteiger partial charge on any atom is -0.337 e. The molecule has 192 valence electrons. The number of nitrogens with zero attached hydrogens (tertiary/aromatic N) is 4. The Morgan fingerprint density at radius 2 is 1.92 bits per heavy atom. The molecule has 4 aromatic heterocycles. The summed E-state index contributed by atoms with van der Waals surface area (Å²) in [6.45, 7) is 1.87. The number of aryl methyl sites for hydroxylation is 1. The van der Waals surface area contributed by atoms with E-state index in [1.165, 1.54) is 12.1 Å². The highest BCUT2D eigenvalue weighted by Gasteiger charge is 2.25. The third-order valence-corrected chi connectivity index (χ3v) is 7.31. The van der Waals surface area contributed by atoms with Crippen molar-refractivity contribution in [3.8, 4) is 33.9 Å². The summed E-state index contributed by atoms with van der Waals surface area (Å²) in [4.78, 5) is 29.6. The average Bonchev–Trinajstić information content (AvgIpc) is 3.50. The van der Waals surface area contributed by atoms with E-state index in [0.717, 1.165) is 63.5 Å². The second-order valence-electron chi connectivity index (χ2n) is 10.1. The Balaban J connectivity index is 1.27. The molecule has 0 atom stereocenters. The number of hydrogen-bond acceptors (Lipinski definition) is 5. The molecule has 39 heavy (non-hydrogen) atoms. The Bertz CT molecular complexity index is 1870. The molecule has 1 aliphatic rings. The second-order valence-corrected chi connectivity index (χ2v) is 10.1. The van der Waals surface area contributed by atoms with Crippen molar-refractivity contribution in [3.05, 3.63) is 78.5 Å². The first-order valence-corrected chi connectivity index (χ1v) is 12.9. The molecule has 1 saturated carbocycles. The number of benzene rings is 2. The second kappa shape index (κ2) is 9.13. The summed E-state index contributed by atoms with van der Waals surface area (Å²) in [6, 6.07) is 14.6. The lowest BCUT2D eigenvalue weighted by molar-refractivity contribution is -0.122. The maximum atomic E-state index is 14.2. The van der Waals surface area contributed by atoms with Crippen LogP contribution in [-0.2, 0) is 4.79 Å². The van der Waals surface area contributed by atoms with Gasteiger partial charge in [0, 0.05) is 28.6 Å². The lowest BCUT2D eigenvalue weighted by atomic mass is 9.85. The van der Waals surface area contributed by atoms with Crippen molar-refractivity contribution in [2.24, 2.45) is 5.92 Å². The molecular formula is C30H24FN7O. The van der Waals surface area contributed by atoms with Crippen LogP contribution in [0.15, 0.2) is 67.1 Å². The molecule has 0 radical (unpaired) electrons. The van der Waals surface area contributed by atoms with Crippen molar-refractivity contribution < 1.29 is 9.18 Å². The number of H-pyrrole nitrogens is 2. The molecule has 6 aromatic rings. The SMILES string of the molecule is Cc1cc(F)cc(-c2cccc3[nH]c(-c4n[nH]c5cnc(-c6cncc(NC(=O)C7CCC7)c6)cc45)nc23)c1. The van der Waals surface area contributed by atoms with Gasteiger partial charge in [0.05, 0.1) is 40.3 Å². The number of halogens is 1. The van der Waals surface area contributed by atoms with Crippen LogP contribution in [0.2, 0.25) is 0 Å². The van der Waals surface area contributed by atoms with E-state index in [1.807, 2.05) is 43.3 Å². The van der Waals surface area contributed by atoms with E-state index in [-0.39, 0.29) is 17.6 Å². The monoisotopic (exact) mass is 517 g/mol. The minimum absolute atomic E-state index is 0.0402. The van der Waals surface area contributed by atoms with Gasteiger partial charge >= 0.3 is 0 Å². The van der Waals surface area contributed by atoms with Gasteiger partial charge in [-0.15, -0.1) is 0 Å². The zero-order valence-electron chi connectivity index (χ0n) is 21.1. The molecule has 1 aliphatic carbocycles. The van der Waals surface area contributed by atoms with E-state index in [2.05, 4.69) is 30.5 Å². The largest absolute Gasteiger partial charge is 0.337 e. The predicted molar refractivity (Wildman–Crippen MR) is 148 cm³/mol. The minimum atomic E-state index is -0.280. The number of nitrogens with one attached hydrogen (secondary N) is 3. The van der Waals surface area contributed by atoms with Crippen molar-refractivity contribution in [2.75, 3.05) is 5.32 Å². The number of anilines is 1. The fourth-order valence-corrected chi connectivity index (χ4v) is 5.09. The van der Waals surface area contributed by atoms with E-state index in [4.69, 9.17) is 4.98 Å². The molecule has 3 N–H and O–H groups in total. The summed E-state index contributed by atoms with van der Waals surface area (Å²) in [7, 11) is 0. The van der Waals surface area contributed by atoms with Crippen molar-refractivity contribution in [2.45, 2.75) is 26.2 Å². The summed E-state index contributed by atoms with van der Waals surface area (Å²) in [5.74, 6) is 0.440. The van der Waals surface area contributed by atoms with Crippen LogP contribution in [0.5, 0.6) is 0 Å². The maximum Gasteiger partial charge on any atom is 0.227 e. The highest BCUT2D eigenvalue weighted by atomic mass is 19.1. The van der Waals surface area contributed by atoms with Gasteiger partial charge in [0.1, 0.15) is 11.5 Å². The maximum absolute atomic E-state index is 14.2. The molecule has 0 unspecified atom stereocenters. The quantitative estimate of drug-likeness (QED) is 0.244. The average molecular weight is 518 g/mol. The highest BCUT2D eigenvalue weighted by Crippen LogP contribution is 2.33. The molecular weight excluding hydrogens is 493 g/mol. The Morgan fingerprint density at radius 1 is 1.03 bits per heavy atom. The molecule has 2 aromatic carbocycles. The highest BCUT2D eigenvalue weighted by molar-refractivity contribution is 5.98. The Morgan fingerprint density at radius 3 is 2.74 bits per heavy atom. The molecule has 4 heterocycles. The van der Waals surface area contributed by atoms with E-state index < -0.39 is 0 Å². The summed E-state index contributed by atoms with van der Waals surface area (Å²) in [6.07, 6.45) is 8.07. The van der Waals surface area contributed by atoms with Gasteiger partial charge in [0.15, 0.2) is 5.82 Å². The van der Waals surface area contributed by atoms with Crippen LogP contribution in [0, 0.1) is 18.7 Å². The van der Waals surface area contributed by atoms with Crippen molar-refractivity contribution >= 4 is 33.5 Å². The van der Waals surface area contributed by atoms with Gasteiger partial charge in [-0.2, -0.15) is 5.10 Å². The van der Waals surface area contributed by atoms with Crippen molar-refractivity contribution in [1.29, 1.82) is 0 Å². The third-order valence-electron chi connectivity index (χ3n) is 7.31. The van der Waals surface area contributed by atoms with Crippen molar-refractivity contribution in [3.63, 3.8) is 0 Å². The molecule has 9 heteroatoms. The summed E-state index contributed by atoms with van der Waals surface area (Å²) >= 11 is 0. The number of fused-ring (bicyclic) bond motifs is 2. The molecule has 0 spiro atoms. The predicted octanol–water partition coefficient (Wildman–Crippen LogP) is 6.42. The van der Waals surface area contributed by atoms with Gasteiger partial charge in [-0.1, -0.05) is 24.6 Å². The van der Waals surface area contributed by atoms with Crippen LogP contribution in [0.3, 0.4) is 0 Å².